The van der Waals surface area contributed by atoms with E-state index in [1.807, 2.05) is 0 Å². The molecule has 18 heavy (non-hydrogen) atoms. The number of likely N-dealkylation sites (N-methyl/N-ethyl adjacent to an activating group) is 1. The Morgan fingerprint density at radius 3 is 2.56 bits per heavy atom. The van der Waals surface area contributed by atoms with Crippen LogP contribution in [0.3, 0.4) is 0 Å². The Labute approximate surface area is 112 Å². The molecular weight excluding hydrogens is 218 g/mol. The molecule has 2 rings (SSSR count). The van der Waals surface area contributed by atoms with Gasteiger partial charge in [0.2, 0.25) is 0 Å². The fourth-order valence-corrected chi connectivity index (χ4v) is 3.21. The zero-order valence-electron chi connectivity index (χ0n) is 12.1. The Kier molecular flexibility index (Phi) is 4.82. The largest absolute Gasteiger partial charge is 0.314 e. The molecule has 0 heterocycles. The number of benzene rings is 1. The lowest BCUT2D eigenvalue weighted by molar-refractivity contribution is 0.419. The first kappa shape index (κ1) is 13.6. The van der Waals surface area contributed by atoms with Crippen LogP contribution < -0.4 is 5.32 Å². The van der Waals surface area contributed by atoms with E-state index in [-0.39, 0.29) is 0 Å². The van der Waals surface area contributed by atoms with Crippen LogP contribution in [0.25, 0.3) is 0 Å². The lowest BCUT2D eigenvalue weighted by atomic mass is 9.86. The molecule has 0 aromatic heterocycles. The lowest BCUT2D eigenvalue weighted by Gasteiger charge is -2.27. The fourth-order valence-electron chi connectivity index (χ4n) is 3.21. The number of hydrogen-bond donors (Lipinski definition) is 1. The van der Waals surface area contributed by atoms with Gasteiger partial charge in [-0.1, -0.05) is 44.4 Å². The summed E-state index contributed by atoms with van der Waals surface area (Å²) in [7, 11) is 0. The van der Waals surface area contributed by atoms with Crippen LogP contribution in [0.1, 0.15) is 61.6 Å². The van der Waals surface area contributed by atoms with E-state index in [4.69, 9.17) is 0 Å². The van der Waals surface area contributed by atoms with Crippen LogP contribution in [0, 0.1) is 13.8 Å². The maximum Gasteiger partial charge on any atom is 0.0136 e. The van der Waals surface area contributed by atoms with Gasteiger partial charge in [-0.3, -0.25) is 0 Å². The second-order valence-electron chi connectivity index (χ2n) is 5.75. The number of nitrogens with one attached hydrogen (secondary N) is 1. The summed E-state index contributed by atoms with van der Waals surface area (Å²) in [6, 6.07) is 7.73. The van der Waals surface area contributed by atoms with Crippen molar-refractivity contribution >= 4 is 0 Å². The van der Waals surface area contributed by atoms with Crippen molar-refractivity contribution in [2.24, 2.45) is 0 Å². The van der Waals surface area contributed by atoms with Gasteiger partial charge in [-0.05, 0) is 55.8 Å². The summed E-state index contributed by atoms with van der Waals surface area (Å²) < 4.78 is 0. The first-order valence-electron chi connectivity index (χ1n) is 7.53. The van der Waals surface area contributed by atoms with Crippen LogP contribution in [-0.2, 0) is 0 Å². The van der Waals surface area contributed by atoms with Crippen LogP contribution >= 0.6 is 0 Å². The molecule has 0 spiro atoms. The normalized spacial score (nSPS) is 24.8. The fraction of sp³-hybridized carbons (Fsp3) is 0.647. The Morgan fingerprint density at radius 1 is 1.06 bits per heavy atom. The van der Waals surface area contributed by atoms with Gasteiger partial charge in [-0.15, -0.1) is 0 Å². The molecule has 1 saturated carbocycles. The molecule has 0 bridgehead atoms. The molecule has 1 heteroatoms. The van der Waals surface area contributed by atoms with E-state index in [0.29, 0.717) is 12.0 Å². The molecule has 1 aromatic carbocycles. The number of aryl methyl sites for hydroxylation is 2. The summed E-state index contributed by atoms with van der Waals surface area (Å²) in [6.45, 7) is 7.75. The topological polar surface area (TPSA) is 12.0 Å². The van der Waals surface area contributed by atoms with Gasteiger partial charge in [0.25, 0.3) is 0 Å². The third-order valence-electron chi connectivity index (χ3n) is 4.44. The molecule has 2 atom stereocenters. The molecule has 0 radical (unpaired) electrons. The minimum absolute atomic E-state index is 0.680. The van der Waals surface area contributed by atoms with E-state index in [9.17, 15) is 0 Å². The average Bonchev–Trinajstić information content (AvgIpc) is 2.59. The highest BCUT2D eigenvalue weighted by atomic mass is 14.9. The van der Waals surface area contributed by atoms with E-state index in [0.717, 1.165) is 6.54 Å². The van der Waals surface area contributed by atoms with E-state index < -0.39 is 0 Å². The highest BCUT2D eigenvalue weighted by Gasteiger charge is 2.24. The highest BCUT2D eigenvalue weighted by Crippen LogP contribution is 2.32. The molecular formula is C17H27N. The van der Waals surface area contributed by atoms with Crippen LogP contribution in [0.4, 0.5) is 0 Å². The Balaban J connectivity index is 2.22. The first-order chi connectivity index (χ1) is 8.72. The van der Waals surface area contributed by atoms with Crippen molar-refractivity contribution in [1.29, 1.82) is 0 Å². The summed E-state index contributed by atoms with van der Waals surface area (Å²) >= 11 is 0. The smallest absolute Gasteiger partial charge is 0.0136 e. The molecule has 1 aliphatic carbocycles. The van der Waals surface area contributed by atoms with E-state index >= 15 is 0 Å². The molecule has 1 nitrogen and oxygen atoms in total. The monoisotopic (exact) mass is 245 g/mol. The molecule has 1 N–H and O–H groups in total. The summed E-state index contributed by atoms with van der Waals surface area (Å²) in [4.78, 5) is 0. The van der Waals surface area contributed by atoms with Crippen LogP contribution in [0.5, 0.6) is 0 Å². The van der Waals surface area contributed by atoms with Crippen LogP contribution in [-0.4, -0.2) is 12.6 Å². The highest BCUT2D eigenvalue weighted by molar-refractivity contribution is 5.32. The van der Waals surface area contributed by atoms with Gasteiger partial charge in [0, 0.05) is 6.04 Å². The zero-order valence-corrected chi connectivity index (χ0v) is 12.1. The van der Waals surface area contributed by atoms with Crippen molar-refractivity contribution in [3.8, 4) is 0 Å². The molecule has 1 aliphatic rings. The van der Waals surface area contributed by atoms with Crippen molar-refractivity contribution < 1.29 is 0 Å². The Hall–Kier alpha value is -0.820. The molecule has 0 amide bonds. The van der Waals surface area contributed by atoms with Crippen molar-refractivity contribution in [2.75, 3.05) is 6.54 Å². The standard InChI is InChI=1S/C17H27N/c1-4-18-17-9-7-5-6-8-16(17)15-11-10-13(2)14(3)12-15/h10-12,16-18H,4-9H2,1-3H3. The van der Waals surface area contributed by atoms with Crippen molar-refractivity contribution in [3.63, 3.8) is 0 Å². The van der Waals surface area contributed by atoms with Gasteiger partial charge in [0.05, 0.1) is 0 Å². The molecule has 2 unspecified atom stereocenters. The van der Waals surface area contributed by atoms with E-state index in [2.05, 4.69) is 44.3 Å². The summed E-state index contributed by atoms with van der Waals surface area (Å²) in [5.74, 6) is 0.715. The Bertz CT molecular complexity index is 383. The maximum atomic E-state index is 3.71. The van der Waals surface area contributed by atoms with Crippen molar-refractivity contribution in [2.45, 2.75) is 64.8 Å². The van der Waals surface area contributed by atoms with E-state index in [1.165, 1.54) is 43.2 Å². The van der Waals surface area contributed by atoms with Crippen LogP contribution in [0.15, 0.2) is 18.2 Å². The second-order valence-corrected chi connectivity index (χ2v) is 5.75. The molecule has 1 aromatic rings. The van der Waals surface area contributed by atoms with Gasteiger partial charge >= 0.3 is 0 Å². The third kappa shape index (κ3) is 3.14. The molecule has 100 valence electrons. The SMILES string of the molecule is CCNC1CCCCCC1c1ccc(C)c(C)c1. The number of hydrogen-bond acceptors (Lipinski definition) is 1. The minimum atomic E-state index is 0.680. The second kappa shape index (κ2) is 6.38. The van der Waals surface area contributed by atoms with Crippen molar-refractivity contribution in [1.82, 2.24) is 5.32 Å². The predicted molar refractivity (Wildman–Crippen MR) is 79.2 cm³/mol. The van der Waals surface area contributed by atoms with Gasteiger partial charge in [0.1, 0.15) is 0 Å². The van der Waals surface area contributed by atoms with Crippen LogP contribution in [0.2, 0.25) is 0 Å². The Morgan fingerprint density at radius 2 is 1.83 bits per heavy atom. The van der Waals surface area contributed by atoms with E-state index in [1.54, 1.807) is 5.56 Å². The predicted octanol–water partition coefficient (Wildman–Crippen LogP) is 4.33. The molecule has 0 saturated heterocycles. The number of rotatable bonds is 3. The third-order valence-corrected chi connectivity index (χ3v) is 4.44. The molecule has 1 fully saturated rings. The van der Waals surface area contributed by atoms with Gasteiger partial charge < -0.3 is 5.32 Å². The lowest BCUT2D eigenvalue weighted by Crippen LogP contribution is -2.34. The maximum absolute atomic E-state index is 3.71. The zero-order chi connectivity index (χ0) is 13.0. The summed E-state index contributed by atoms with van der Waals surface area (Å²) in [5.41, 5.74) is 4.39. The van der Waals surface area contributed by atoms with Gasteiger partial charge in [0.15, 0.2) is 0 Å². The minimum Gasteiger partial charge on any atom is -0.314 e. The average molecular weight is 245 g/mol. The van der Waals surface area contributed by atoms with Gasteiger partial charge in [-0.25, -0.2) is 0 Å². The quantitative estimate of drug-likeness (QED) is 0.782. The van der Waals surface area contributed by atoms with Gasteiger partial charge in [-0.2, -0.15) is 0 Å². The first-order valence-corrected chi connectivity index (χ1v) is 7.53. The van der Waals surface area contributed by atoms with Crippen molar-refractivity contribution in [3.05, 3.63) is 34.9 Å². The summed E-state index contributed by atoms with van der Waals surface area (Å²) in [5, 5.41) is 3.71. The molecule has 0 aliphatic heterocycles. The summed E-state index contributed by atoms with van der Waals surface area (Å²) in [6.07, 6.45) is 6.87.